The predicted molar refractivity (Wildman–Crippen MR) is 68.5 cm³/mol. The number of esters is 1. The lowest BCUT2D eigenvalue weighted by molar-refractivity contribution is -0.124. The van der Waals surface area contributed by atoms with Crippen molar-refractivity contribution in [2.75, 3.05) is 19.4 Å². The molecule has 0 fully saturated rings. The molecule has 19 heavy (non-hydrogen) atoms. The minimum atomic E-state index is -3.39. The molecule has 1 N–H and O–H groups in total. The molecule has 0 heterocycles. The first-order valence-corrected chi connectivity index (χ1v) is 7.47. The van der Waals surface area contributed by atoms with Crippen LogP contribution in [0, 0.1) is 0 Å². The number of carbonyl (C=O) groups is 2. The zero-order valence-electron chi connectivity index (χ0n) is 10.7. The average Bonchev–Trinajstić information content (AvgIpc) is 2.35. The van der Waals surface area contributed by atoms with Crippen LogP contribution in [0.2, 0.25) is 0 Å². The van der Waals surface area contributed by atoms with Crippen LogP contribution in [-0.2, 0) is 19.4 Å². The number of amides is 1. The first kappa shape index (κ1) is 15.2. The van der Waals surface area contributed by atoms with E-state index in [0.29, 0.717) is 6.54 Å². The Hall–Kier alpha value is -1.89. The molecule has 0 bridgehead atoms. The molecule has 0 atom stereocenters. The first-order chi connectivity index (χ1) is 8.84. The van der Waals surface area contributed by atoms with E-state index in [2.05, 4.69) is 5.32 Å². The molecule has 0 aliphatic carbocycles. The summed E-state index contributed by atoms with van der Waals surface area (Å²) in [5.41, 5.74) is 0.0900. The van der Waals surface area contributed by atoms with Gasteiger partial charge in [-0.2, -0.15) is 0 Å². The predicted octanol–water partition coefficient (Wildman–Crippen LogP) is 0.383. The lowest BCUT2D eigenvalue weighted by Gasteiger charge is -2.06. The maximum absolute atomic E-state index is 11.6. The lowest BCUT2D eigenvalue weighted by atomic mass is 10.2. The highest BCUT2D eigenvalue weighted by molar-refractivity contribution is 7.90. The minimum absolute atomic E-state index is 0.0277. The molecule has 0 aromatic heterocycles. The second-order valence-corrected chi connectivity index (χ2v) is 5.85. The van der Waals surface area contributed by atoms with Crippen molar-refractivity contribution < 1.29 is 22.7 Å². The zero-order valence-corrected chi connectivity index (χ0v) is 11.5. The van der Waals surface area contributed by atoms with E-state index in [9.17, 15) is 18.0 Å². The quantitative estimate of drug-likeness (QED) is 0.790. The van der Waals surface area contributed by atoms with Crippen LogP contribution in [0.15, 0.2) is 29.2 Å². The van der Waals surface area contributed by atoms with Gasteiger partial charge in [-0.05, 0) is 25.1 Å². The van der Waals surface area contributed by atoms with E-state index in [-0.39, 0.29) is 10.5 Å². The molecule has 1 amide bonds. The van der Waals surface area contributed by atoms with E-state index in [1.54, 1.807) is 6.92 Å². The zero-order chi connectivity index (χ0) is 14.5. The second-order valence-electron chi connectivity index (χ2n) is 3.83. The molecule has 1 rings (SSSR count). The van der Waals surface area contributed by atoms with Crippen LogP contribution in [0.3, 0.4) is 0 Å². The van der Waals surface area contributed by atoms with Crippen molar-refractivity contribution in [3.8, 4) is 0 Å². The summed E-state index contributed by atoms with van der Waals surface area (Å²) in [6.07, 6.45) is 1.05. The van der Waals surface area contributed by atoms with E-state index in [0.717, 1.165) is 6.26 Å². The summed E-state index contributed by atoms with van der Waals surface area (Å²) in [6.45, 7) is 1.80. The number of hydrogen-bond donors (Lipinski definition) is 1. The van der Waals surface area contributed by atoms with Crippen molar-refractivity contribution in [1.82, 2.24) is 5.32 Å². The topological polar surface area (TPSA) is 89.5 Å². The third-order valence-electron chi connectivity index (χ3n) is 2.21. The summed E-state index contributed by atoms with van der Waals surface area (Å²) in [7, 11) is -3.39. The molecule has 0 aliphatic rings. The summed E-state index contributed by atoms with van der Waals surface area (Å²) in [5, 5.41) is 2.48. The van der Waals surface area contributed by atoms with Crippen LogP contribution in [0.1, 0.15) is 17.3 Å². The van der Waals surface area contributed by atoms with Crippen molar-refractivity contribution in [2.24, 2.45) is 0 Å². The number of benzene rings is 1. The van der Waals surface area contributed by atoms with Crippen LogP contribution < -0.4 is 5.32 Å². The molecule has 0 spiro atoms. The molecule has 0 aliphatic heterocycles. The molecule has 0 radical (unpaired) electrons. The normalized spacial score (nSPS) is 10.8. The summed E-state index contributed by atoms with van der Waals surface area (Å²) >= 11 is 0. The van der Waals surface area contributed by atoms with Crippen molar-refractivity contribution in [3.63, 3.8) is 0 Å². The highest BCUT2D eigenvalue weighted by Crippen LogP contribution is 2.12. The van der Waals surface area contributed by atoms with E-state index in [4.69, 9.17) is 4.74 Å². The van der Waals surface area contributed by atoms with Crippen LogP contribution in [-0.4, -0.2) is 39.7 Å². The lowest BCUT2D eigenvalue weighted by Crippen LogP contribution is -2.28. The third-order valence-corrected chi connectivity index (χ3v) is 3.32. The summed E-state index contributed by atoms with van der Waals surface area (Å²) < 4.78 is 27.4. The molecule has 1 aromatic rings. The summed E-state index contributed by atoms with van der Waals surface area (Å²) in [4.78, 5) is 22.8. The van der Waals surface area contributed by atoms with Gasteiger partial charge in [-0.25, -0.2) is 13.2 Å². The maximum Gasteiger partial charge on any atom is 0.338 e. The number of hydrogen-bond acceptors (Lipinski definition) is 5. The van der Waals surface area contributed by atoms with Crippen molar-refractivity contribution in [2.45, 2.75) is 11.8 Å². The summed E-state index contributed by atoms with van der Waals surface area (Å²) in [6, 6.07) is 5.47. The van der Waals surface area contributed by atoms with E-state index < -0.39 is 28.3 Å². The van der Waals surface area contributed by atoms with Crippen LogP contribution in [0.25, 0.3) is 0 Å². The van der Waals surface area contributed by atoms with Gasteiger partial charge in [0.05, 0.1) is 10.5 Å². The van der Waals surface area contributed by atoms with Gasteiger partial charge in [0.2, 0.25) is 0 Å². The van der Waals surface area contributed by atoms with Gasteiger partial charge in [0.15, 0.2) is 16.4 Å². The van der Waals surface area contributed by atoms with Gasteiger partial charge < -0.3 is 10.1 Å². The Morgan fingerprint density at radius 1 is 1.32 bits per heavy atom. The van der Waals surface area contributed by atoms with Crippen LogP contribution in [0.4, 0.5) is 0 Å². The monoisotopic (exact) mass is 285 g/mol. The van der Waals surface area contributed by atoms with Gasteiger partial charge >= 0.3 is 5.97 Å². The number of ether oxygens (including phenoxy) is 1. The van der Waals surface area contributed by atoms with Crippen molar-refractivity contribution in [1.29, 1.82) is 0 Å². The van der Waals surface area contributed by atoms with Gasteiger partial charge in [0.1, 0.15) is 0 Å². The van der Waals surface area contributed by atoms with Crippen molar-refractivity contribution in [3.05, 3.63) is 29.8 Å². The minimum Gasteiger partial charge on any atom is -0.452 e. The molecule has 104 valence electrons. The van der Waals surface area contributed by atoms with Crippen molar-refractivity contribution >= 4 is 21.7 Å². The number of nitrogens with one attached hydrogen (secondary N) is 1. The Bertz CT molecular complexity index is 580. The Kier molecular flexibility index (Phi) is 5.05. The van der Waals surface area contributed by atoms with Crippen LogP contribution >= 0.6 is 0 Å². The Morgan fingerprint density at radius 2 is 2.00 bits per heavy atom. The fourth-order valence-electron chi connectivity index (χ4n) is 1.32. The fraction of sp³-hybridized carbons (Fsp3) is 0.333. The van der Waals surface area contributed by atoms with E-state index in [1.807, 2.05) is 0 Å². The average molecular weight is 285 g/mol. The molecule has 0 saturated heterocycles. The smallest absolute Gasteiger partial charge is 0.338 e. The second kappa shape index (κ2) is 6.33. The molecule has 1 aromatic carbocycles. The Morgan fingerprint density at radius 3 is 2.58 bits per heavy atom. The third kappa shape index (κ3) is 4.70. The molecule has 0 saturated carbocycles. The standard InChI is InChI=1S/C12H15NO5S/c1-3-13-11(14)8-18-12(15)9-5-4-6-10(7-9)19(2,16)17/h4-7H,3,8H2,1-2H3,(H,13,14). The number of sulfone groups is 1. The van der Waals surface area contributed by atoms with Gasteiger partial charge in [0.25, 0.3) is 5.91 Å². The largest absolute Gasteiger partial charge is 0.452 e. The van der Waals surface area contributed by atoms with Gasteiger partial charge in [0, 0.05) is 12.8 Å². The van der Waals surface area contributed by atoms with Crippen LogP contribution in [0.5, 0.6) is 0 Å². The Labute approximate surface area is 111 Å². The molecule has 0 unspecified atom stereocenters. The van der Waals surface area contributed by atoms with E-state index >= 15 is 0 Å². The number of likely N-dealkylation sites (N-methyl/N-ethyl adjacent to an activating group) is 1. The molecular weight excluding hydrogens is 270 g/mol. The molecule has 7 heteroatoms. The van der Waals surface area contributed by atoms with E-state index in [1.165, 1.54) is 24.3 Å². The highest BCUT2D eigenvalue weighted by atomic mass is 32.2. The number of rotatable bonds is 5. The van der Waals surface area contributed by atoms with Gasteiger partial charge in [-0.3, -0.25) is 4.79 Å². The highest BCUT2D eigenvalue weighted by Gasteiger charge is 2.13. The molecular formula is C12H15NO5S. The molecule has 6 nitrogen and oxygen atoms in total. The number of carbonyl (C=O) groups excluding carboxylic acids is 2. The van der Waals surface area contributed by atoms with Gasteiger partial charge in [-0.1, -0.05) is 6.07 Å². The maximum atomic E-state index is 11.6. The fourth-order valence-corrected chi connectivity index (χ4v) is 1.98. The van der Waals surface area contributed by atoms with Gasteiger partial charge in [-0.15, -0.1) is 0 Å². The summed E-state index contributed by atoms with van der Waals surface area (Å²) in [5.74, 6) is -1.15. The first-order valence-electron chi connectivity index (χ1n) is 5.58. The Balaban J connectivity index is 2.76. The SMILES string of the molecule is CCNC(=O)COC(=O)c1cccc(S(C)(=O)=O)c1.